The van der Waals surface area contributed by atoms with Crippen molar-refractivity contribution < 1.29 is 38.9 Å². The summed E-state index contributed by atoms with van der Waals surface area (Å²) in [6.45, 7) is 4.76. The first kappa shape index (κ1) is 21.2. The fourth-order valence-electron chi connectivity index (χ4n) is 4.21. The van der Waals surface area contributed by atoms with Crippen LogP contribution in [0.4, 0.5) is 5.69 Å². The summed E-state index contributed by atoms with van der Waals surface area (Å²) in [4.78, 5) is 35.7. The van der Waals surface area contributed by atoms with E-state index in [1.807, 2.05) is 0 Å². The first-order chi connectivity index (χ1) is 13.6. The van der Waals surface area contributed by atoms with Gasteiger partial charge in [0, 0.05) is 24.3 Å². The lowest BCUT2D eigenvalue weighted by Crippen LogP contribution is -2.60. The molecule has 0 spiro atoms. The van der Waals surface area contributed by atoms with Crippen LogP contribution in [-0.2, 0) is 23.8 Å². The molecule has 2 fully saturated rings. The molecule has 0 radical (unpaired) electrons. The number of phenolic OH excluding ortho intramolecular Hbond substituents is 1. The molecule has 0 bridgehead atoms. The molecule has 0 aromatic heterocycles. The van der Waals surface area contributed by atoms with E-state index in [0.29, 0.717) is 0 Å². The number of Topliss-reactive ketones (excluding diaryl/α,β-unsaturated/α-hetero) is 1. The van der Waals surface area contributed by atoms with Gasteiger partial charge in [-0.1, -0.05) is 6.07 Å². The smallest absolute Gasteiger partial charge is 0.317 e. The van der Waals surface area contributed by atoms with Gasteiger partial charge < -0.3 is 24.4 Å². The maximum Gasteiger partial charge on any atom is 0.317 e. The molecule has 1 saturated heterocycles. The Morgan fingerprint density at radius 1 is 1.41 bits per heavy atom. The summed E-state index contributed by atoms with van der Waals surface area (Å²) in [6.07, 6.45) is -1.72. The van der Waals surface area contributed by atoms with E-state index in [-0.39, 0.29) is 18.6 Å². The Kier molecular flexibility index (Phi) is 5.61. The fourth-order valence-corrected chi connectivity index (χ4v) is 4.21. The molecule has 158 valence electrons. The zero-order valence-corrected chi connectivity index (χ0v) is 16.2. The van der Waals surface area contributed by atoms with Crippen molar-refractivity contribution in [3.05, 3.63) is 33.9 Å². The maximum atomic E-state index is 12.8. The van der Waals surface area contributed by atoms with Gasteiger partial charge in [0.2, 0.25) is 0 Å². The van der Waals surface area contributed by atoms with E-state index in [0.717, 1.165) is 12.1 Å². The van der Waals surface area contributed by atoms with Crippen LogP contribution in [0.15, 0.2) is 18.2 Å². The number of nitro groups is 1. The second-order valence-electron chi connectivity index (χ2n) is 7.49. The van der Waals surface area contributed by atoms with Gasteiger partial charge in [-0.25, -0.2) is 0 Å². The lowest BCUT2D eigenvalue weighted by atomic mass is 9.61. The van der Waals surface area contributed by atoms with Crippen LogP contribution in [0.1, 0.15) is 38.7 Å². The summed E-state index contributed by atoms with van der Waals surface area (Å²) >= 11 is 0. The van der Waals surface area contributed by atoms with E-state index in [4.69, 9.17) is 14.2 Å². The molecule has 3 rings (SSSR count). The van der Waals surface area contributed by atoms with E-state index >= 15 is 0 Å². The summed E-state index contributed by atoms with van der Waals surface area (Å²) in [5.41, 5.74) is -1.83. The van der Waals surface area contributed by atoms with Crippen LogP contribution in [0.5, 0.6) is 5.75 Å². The number of rotatable bonds is 5. The van der Waals surface area contributed by atoms with Gasteiger partial charge in [-0.3, -0.25) is 19.7 Å². The molecule has 1 aromatic rings. The topological polar surface area (TPSA) is 145 Å². The molecule has 4 unspecified atom stereocenters. The number of esters is 1. The molecular weight excluding hydrogens is 386 g/mol. The fraction of sp³-hybridized carbons (Fsp3) is 0.579. The third-order valence-electron chi connectivity index (χ3n) is 5.41. The molecule has 0 amide bonds. The average molecular weight is 409 g/mol. The number of phenols is 1. The Balaban J connectivity index is 2.12. The van der Waals surface area contributed by atoms with Crippen molar-refractivity contribution >= 4 is 17.4 Å². The highest BCUT2D eigenvalue weighted by atomic mass is 16.9. The number of ketones is 1. The lowest BCUT2D eigenvalue weighted by Gasteiger charge is -2.51. The summed E-state index contributed by atoms with van der Waals surface area (Å²) in [6, 6.07) is 3.56. The number of carbonyl (C=O) groups excluding carboxylic acids is 2. The van der Waals surface area contributed by atoms with Gasteiger partial charge in [0.1, 0.15) is 5.92 Å². The van der Waals surface area contributed by atoms with Crippen molar-refractivity contribution in [2.24, 2.45) is 11.8 Å². The van der Waals surface area contributed by atoms with E-state index in [2.05, 4.69) is 0 Å². The van der Waals surface area contributed by atoms with Crippen molar-refractivity contribution in [3.8, 4) is 5.75 Å². The van der Waals surface area contributed by atoms with Crippen LogP contribution in [0.3, 0.4) is 0 Å². The van der Waals surface area contributed by atoms with E-state index < -0.39 is 64.0 Å². The number of benzene rings is 1. The van der Waals surface area contributed by atoms with E-state index in [1.165, 1.54) is 13.0 Å². The molecule has 29 heavy (non-hydrogen) atoms. The van der Waals surface area contributed by atoms with Gasteiger partial charge >= 0.3 is 11.7 Å². The first-order valence-electron chi connectivity index (χ1n) is 9.26. The molecule has 1 aliphatic carbocycles. The number of nitro benzene ring substituents is 1. The largest absolute Gasteiger partial charge is 0.502 e. The van der Waals surface area contributed by atoms with Crippen LogP contribution >= 0.6 is 0 Å². The zero-order valence-electron chi connectivity index (χ0n) is 16.2. The summed E-state index contributed by atoms with van der Waals surface area (Å²) in [5.74, 6) is -5.02. The zero-order chi connectivity index (χ0) is 21.5. The Labute approximate surface area is 166 Å². The Morgan fingerprint density at radius 2 is 2.07 bits per heavy atom. The van der Waals surface area contributed by atoms with E-state index in [9.17, 15) is 29.9 Å². The minimum absolute atomic E-state index is 0.0510. The molecule has 2 aliphatic rings. The summed E-state index contributed by atoms with van der Waals surface area (Å²) in [7, 11) is 0. The van der Waals surface area contributed by atoms with Gasteiger partial charge in [0.15, 0.2) is 24.1 Å². The SMILES string of the molecule is CCOC(=O)C1C(=O)CC(C)(O)C(C2OC(C)O2)C1c1ccc([N+](=O)[O-])c(O)c1. The van der Waals surface area contributed by atoms with Crippen LogP contribution in [0, 0.1) is 22.0 Å². The highest BCUT2D eigenvalue weighted by Crippen LogP contribution is 2.51. The second-order valence-corrected chi connectivity index (χ2v) is 7.49. The average Bonchev–Trinajstić information content (AvgIpc) is 2.57. The van der Waals surface area contributed by atoms with Gasteiger partial charge in [-0.05, 0) is 32.4 Å². The lowest BCUT2D eigenvalue weighted by molar-refractivity contribution is -0.407. The molecule has 10 heteroatoms. The molecule has 1 heterocycles. The predicted molar refractivity (Wildman–Crippen MR) is 96.8 cm³/mol. The second kappa shape index (κ2) is 7.69. The summed E-state index contributed by atoms with van der Waals surface area (Å²) in [5, 5.41) is 32.1. The van der Waals surface area contributed by atoms with Gasteiger partial charge in [-0.15, -0.1) is 0 Å². The van der Waals surface area contributed by atoms with Gasteiger partial charge in [-0.2, -0.15) is 0 Å². The van der Waals surface area contributed by atoms with Gasteiger partial charge in [0.05, 0.1) is 17.1 Å². The van der Waals surface area contributed by atoms with Gasteiger partial charge in [0.25, 0.3) is 0 Å². The quantitative estimate of drug-likeness (QED) is 0.320. The third-order valence-corrected chi connectivity index (χ3v) is 5.41. The maximum absolute atomic E-state index is 12.8. The Hall–Kier alpha value is -2.56. The normalized spacial score (nSPS) is 34.3. The number of aliphatic hydroxyl groups is 1. The molecule has 1 aliphatic heterocycles. The first-order valence-corrected chi connectivity index (χ1v) is 9.26. The van der Waals surface area contributed by atoms with Crippen molar-refractivity contribution in [2.75, 3.05) is 6.61 Å². The standard InChI is InChI=1S/C19H23NO9/c1-4-27-17(23)15-13(22)8-19(3,24)16(18-28-9(2)29-18)14(15)10-5-6-11(20(25)26)12(21)7-10/h5-7,9,14-16,18,21,24H,4,8H2,1-3H3. The number of ether oxygens (including phenoxy) is 3. The Bertz CT molecular complexity index is 831. The number of nitrogens with zero attached hydrogens (tertiary/aromatic N) is 1. The third kappa shape index (κ3) is 3.83. The molecule has 4 atom stereocenters. The Morgan fingerprint density at radius 3 is 2.59 bits per heavy atom. The number of hydrogen-bond acceptors (Lipinski definition) is 9. The summed E-state index contributed by atoms with van der Waals surface area (Å²) < 4.78 is 16.2. The van der Waals surface area contributed by atoms with Crippen molar-refractivity contribution in [3.63, 3.8) is 0 Å². The van der Waals surface area contributed by atoms with Crippen LogP contribution in [0.2, 0.25) is 0 Å². The van der Waals surface area contributed by atoms with Crippen molar-refractivity contribution in [1.82, 2.24) is 0 Å². The number of hydrogen-bond donors (Lipinski definition) is 2. The van der Waals surface area contributed by atoms with Crippen molar-refractivity contribution in [2.45, 2.75) is 51.3 Å². The van der Waals surface area contributed by atoms with Crippen LogP contribution in [0.25, 0.3) is 0 Å². The van der Waals surface area contributed by atoms with E-state index in [1.54, 1.807) is 13.8 Å². The number of aromatic hydroxyl groups is 1. The minimum atomic E-state index is -1.58. The molecular formula is C19H23NO9. The van der Waals surface area contributed by atoms with Crippen LogP contribution in [-0.4, -0.2) is 51.7 Å². The molecule has 10 nitrogen and oxygen atoms in total. The molecule has 2 N–H and O–H groups in total. The highest BCUT2D eigenvalue weighted by Gasteiger charge is 2.59. The van der Waals surface area contributed by atoms with Crippen molar-refractivity contribution in [1.29, 1.82) is 0 Å². The molecule has 1 aromatic carbocycles. The minimum Gasteiger partial charge on any atom is -0.502 e. The number of carbonyl (C=O) groups is 2. The monoisotopic (exact) mass is 409 g/mol. The van der Waals surface area contributed by atoms with Crippen LogP contribution < -0.4 is 0 Å². The highest BCUT2D eigenvalue weighted by molar-refractivity contribution is 6.01. The molecule has 1 saturated carbocycles. The predicted octanol–water partition coefficient (Wildman–Crippen LogP) is 1.62.